The fourth-order valence-corrected chi connectivity index (χ4v) is 2.66. The predicted molar refractivity (Wildman–Crippen MR) is 91.9 cm³/mol. The van der Waals surface area contributed by atoms with Gasteiger partial charge in [-0.1, -0.05) is 25.1 Å². The Morgan fingerprint density at radius 1 is 1.20 bits per heavy atom. The molecular weight excluding hydrogens is 329 g/mol. The maximum atomic E-state index is 14.4. The van der Waals surface area contributed by atoms with Gasteiger partial charge in [0.05, 0.1) is 18.8 Å². The van der Waals surface area contributed by atoms with Crippen LogP contribution in [-0.2, 0) is 6.42 Å². The molecule has 0 atom stereocenters. The van der Waals surface area contributed by atoms with E-state index in [-0.39, 0.29) is 18.8 Å². The smallest absolute Gasteiger partial charge is 0.240 e. The Hall–Kier alpha value is -2.44. The standard InChI is InChI=1S/C18H19F3N4/c1-2-12-4-3-5-15(17(12)21)13-8-23-18(24-9-13)25-10-14(11-25)22-7-6-16(19)20/h3-5,8-9,16H,2,6-7,10-11H2,1H3. The molecule has 7 heteroatoms. The number of anilines is 1. The number of aryl methyl sites for hydroxylation is 1. The average molecular weight is 348 g/mol. The van der Waals surface area contributed by atoms with Crippen LogP contribution in [0.2, 0.25) is 0 Å². The summed E-state index contributed by atoms with van der Waals surface area (Å²) in [4.78, 5) is 14.6. The molecule has 4 nitrogen and oxygen atoms in total. The molecule has 2 aromatic rings. The number of halogens is 3. The van der Waals surface area contributed by atoms with Crippen LogP contribution in [0.15, 0.2) is 35.6 Å². The minimum atomic E-state index is -2.32. The van der Waals surface area contributed by atoms with Crippen molar-refractivity contribution >= 4 is 11.7 Å². The number of hydrogen-bond donors (Lipinski definition) is 0. The largest absolute Gasteiger partial charge is 0.330 e. The van der Waals surface area contributed by atoms with Gasteiger partial charge in [0.15, 0.2) is 0 Å². The number of benzene rings is 1. The molecule has 132 valence electrons. The van der Waals surface area contributed by atoms with E-state index in [9.17, 15) is 13.2 Å². The van der Waals surface area contributed by atoms with Gasteiger partial charge in [0.2, 0.25) is 12.4 Å². The molecule has 1 aromatic carbocycles. The first-order chi connectivity index (χ1) is 12.1. The van der Waals surface area contributed by atoms with E-state index in [2.05, 4.69) is 15.0 Å². The van der Waals surface area contributed by atoms with E-state index in [0.29, 0.717) is 42.1 Å². The molecule has 3 rings (SSSR count). The van der Waals surface area contributed by atoms with E-state index in [0.717, 1.165) is 5.71 Å². The van der Waals surface area contributed by atoms with Crippen LogP contribution in [0.5, 0.6) is 0 Å². The Bertz CT molecular complexity index is 751. The fraction of sp³-hybridized carbons (Fsp3) is 0.389. The second kappa shape index (κ2) is 7.63. The van der Waals surface area contributed by atoms with Crippen molar-refractivity contribution in [2.75, 3.05) is 24.5 Å². The Labute approximate surface area is 144 Å². The van der Waals surface area contributed by atoms with Gasteiger partial charge in [-0.3, -0.25) is 4.99 Å². The Morgan fingerprint density at radius 2 is 1.92 bits per heavy atom. The predicted octanol–water partition coefficient (Wildman–Crippen LogP) is 3.76. The van der Waals surface area contributed by atoms with Crippen LogP contribution in [0.3, 0.4) is 0 Å². The third-order valence-electron chi connectivity index (χ3n) is 4.12. The van der Waals surface area contributed by atoms with E-state index < -0.39 is 6.43 Å². The maximum Gasteiger partial charge on any atom is 0.240 e. The van der Waals surface area contributed by atoms with Gasteiger partial charge in [0, 0.05) is 36.5 Å². The summed E-state index contributed by atoms with van der Waals surface area (Å²) in [6, 6.07) is 5.30. The van der Waals surface area contributed by atoms with Crippen molar-refractivity contribution in [2.24, 2.45) is 4.99 Å². The van der Waals surface area contributed by atoms with E-state index in [1.165, 1.54) is 0 Å². The lowest BCUT2D eigenvalue weighted by Gasteiger charge is -2.32. The van der Waals surface area contributed by atoms with Gasteiger partial charge in [0.25, 0.3) is 0 Å². The summed E-state index contributed by atoms with van der Waals surface area (Å²) in [7, 11) is 0. The van der Waals surface area contributed by atoms with Gasteiger partial charge in [-0.2, -0.15) is 0 Å². The fourth-order valence-electron chi connectivity index (χ4n) is 2.66. The molecular formula is C18H19F3N4. The Kier molecular flexibility index (Phi) is 5.31. The summed E-state index contributed by atoms with van der Waals surface area (Å²) in [5.41, 5.74) is 2.65. The van der Waals surface area contributed by atoms with Crippen molar-refractivity contribution in [2.45, 2.75) is 26.2 Å². The molecule has 0 aliphatic carbocycles. The highest BCUT2D eigenvalue weighted by Crippen LogP contribution is 2.25. The highest BCUT2D eigenvalue weighted by atomic mass is 19.3. The van der Waals surface area contributed by atoms with Crippen molar-refractivity contribution in [1.82, 2.24) is 9.97 Å². The van der Waals surface area contributed by atoms with Crippen LogP contribution in [0.4, 0.5) is 19.1 Å². The van der Waals surface area contributed by atoms with E-state index in [1.807, 2.05) is 17.9 Å². The summed E-state index contributed by atoms with van der Waals surface area (Å²) in [5, 5.41) is 0. The van der Waals surface area contributed by atoms with E-state index in [1.54, 1.807) is 24.5 Å². The lowest BCUT2D eigenvalue weighted by Crippen LogP contribution is -2.48. The zero-order valence-corrected chi connectivity index (χ0v) is 13.9. The summed E-state index contributed by atoms with van der Waals surface area (Å²) in [6.45, 7) is 3.14. The van der Waals surface area contributed by atoms with Crippen molar-refractivity contribution in [1.29, 1.82) is 0 Å². The first-order valence-electron chi connectivity index (χ1n) is 8.23. The summed E-state index contributed by atoms with van der Waals surface area (Å²) >= 11 is 0. The van der Waals surface area contributed by atoms with Gasteiger partial charge in [-0.05, 0) is 12.0 Å². The van der Waals surface area contributed by atoms with Crippen molar-refractivity contribution in [3.05, 3.63) is 42.0 Å². The van der Waals surface area contributed by atoms with Crippen LogP contribution < -0.4 is 4.90 Å². The van der Waals surface area contributed by atoms with E-state index in [4.69, 9.17) is 0 Å². The third kappa shape index (κ3) is 3.97. The van der Waals surface area contributed by atoms with Crippen LogP contribution in [-0.4, -0.2) is 41.7 Å². The van der Waals surface area contributed by atoms with Crippen LogP contribution >= 0.6 is 0 Å². The highest BCUT2D eigenvalue weighted by Gasteiger charge is 2.24. The number of aromatic nitrogens is 2. The molecule has 0 unspecified atom stereocenters. The summed E-state index contributed by atoms with van der Waals surface area (Å²) < 4.78 is 38.5. The zero-order valence-electron chi connectivity index (χ0n) is 13.9. The molecule has 0 saturated carbocycles. The molecule has 1 aliphatic rings. The number of alkyl halides is 2. The normalized spacial score (nSPS) is 14.0. The minimum Gasteiger partial charge on any atom is -0.330 e. The zero-order chi connectivity index (χ0) is 17.8. The minimum absolute atomic E-state index is 0.147. The highest BCUT2D eigenvalue weighted by molar-refractivity contribution is 5.99. The summed E-state index contributed by atoms with van der Waals surface area (Å²) in [5.74, 6) is 0.294. The Balaban J connectivity index is 1.64. The van der Waals surface area contributed by atoms with E-state index >= 15 is 0 Å². The SMILES string of the molecule is CCc1cccc(-c2cnc(N3CC(=NCCC(F)F)C3)nc2)c1F. The molecule has 1 aromatic heterocycles. The topological polar surface area (TPSA) is 41.4 Å². The number of aliphatic imine (C=N–C) groups is 1. The Morgan fingerprint density at radius 3 is 2.56 bits per heavy atom. The molecule has 0 bridgehead atoms. The maximum absolute atomic E-state index is 14.4. The molecule has 2 heterocycles. The monoisotopic (exact) mass is 348 g/mol. The quantitative estimate of drug-likeness (QED) is 0.798. The molecule has 0 spiro atoms. The lowest BCUT2D eigenvalue weighted by atomic mass is 10.0. The average Bonchev–Trinajstić information content (AvgIpc) is 2.57. The van der Waals surface area contributed by atoms with Gasteiger partial charge in [-0.15, -0.1) is 0 Å². The van der Waals surface area contributed by atoms with Gasteiger partial charge < -0.3 is 4.90 Å². The number of rotatable bonds is 6. The lowest BCUT2D eigenvalue weighted by molar-refractivity contribution is 0.141. The molecule has 1 saturated heterocycles. The number of nitrogens with zero attached hydrogens (tertiary/aromatic N) is 4. The van der Waals surface area contributed by atoms with Crippen molar-refractivity contribution in [3.63, 3.8) is 0 Å². The molecule has 0 radical (unpaired) electrons. The van der Waals surface area contributed by atoms with Gasteiger partial charge >= 0.3 is 0 Å². The van der Waals surface area contributed by atoms with Crippen LogP contribution in [0.25, 0.3) is 11.1 Å². The first kappa shape index (κ1) is 17.4. The number of hydrogen-bond acceptors (Lipinski definition) is 4. The second-order valence-electron chi connectivity index (χ2n) is 5.89. The molecule has 0 amide bonds. The van der Waals surface area contributed by atoms with Gasteiger partial charge in [0.1, 0.15) is 5.82 Å². The molecule has 1 aliphatic heterocycles. The van der Waals surface area contributed by atoms with Crippen LogP contribution in [0.1, 0.15) is 18.9 Å². The molecule has 0 N–H and O–H groups in total. The summed E-state index contributed by atoms with van der Waals surface area (Å²) in [6.07, 6.45) is 1.30. The van der Waals surface area contributed by atoms with Crippen LogP contribution in [0, 0.1) is 5.82 Å². The molecule has 25 heavy (non-hydrogen) atoms. The molecule has 1 fully saturated rings. The van der Waals surface area contributed by atoms with Gasteiger partial charge in [-0.25, -0.2) is 23.1 Å². The third-order valence-corrected chi connectivity index (χ3v) is 4.12. The van der Waals surface area contributed by atoms with Crippen molar-refractivity contribution < 1.29 is 13.2 Å². The first-order valence-corrected chi connectivity index (χ1v) is 8.23. The second-order valence-corrected chi connectivity index (χ2v) is 5.89. The van der Waals surface area contributed by atoms with Crippen molar-refractivity contribution in [3.8, 4) is 11.1 Å².